The van der Waals surface area contributed by atoms with Gasteiger partial charge in [0.05, 0.1) is 37.2 Å². The van der Waals surface area contributed by atoms with Gasteiger partial charge in [-0.1, -0.05) is 6.92 Å². The molecule has 10 heteroatoms. The average molecular weight is 575 g/mol. The molecule has 0 spiro atoms. The molecule has 1 saturated carbocycles. The number of halogens is 2. The van der Waals surface area contributed by atoms with Crippen LogP contribution in [-0.4, -0.2) is 39.0 Å². The van der Waals surface area contributed by atoms with Crippen LogP contribution < -0.4 is 18.9 Å². The van der Waals surface area contributed by atoms with Crippen LogP contribution in [0, 0.1) is 17.6 Å². The first kappa shape index (κ1) is 27.3. The van der Waals surface area contributed by atoms with E-state index in [0.29, 0.717) is 49.2 Å². The molecule has 0 aliphatic heterocycles. The number of ether oxygens (including phenoxy) is 4. The average Bonchev–Trinajstić information content (AvgIpc) is 3.54. The smallest absolute Gasteiger partial charge is 0.197 e. The lowest BCUT2D eigenvalue weighted by molar-refractivity contribution is 0.0968. The maximum Gasteiger partial charge on any atom is 0.197 e. The molecule has 2 aromatic carbocycles. The molecule has 2 heterocycles. The van der Waals surface area contributed by atoms with Gasteiger partial charge >= 0.3 is 0 Å². The number of hydrogen-bond donors (Lipinski definition) is 0. The normalized spacial score (nSPS) is 13.2. The Morgan fingerprint density at radius 3 is 1.85 bits per heavy atom. The fourth-order valence-electron chi connectivity index (χ4n) is 4.33. The standard InChI is InChI=1S/C29H28F2O6S2/c1-4-6-18(32)23-11-16-21(38-23)13-19(34-2)28(25(16)30)36-9-5-10-37-29-20(35-3)14-22-17(26(29)31)12-24(39-22)27(33)15-7-8-15/h11-15H,4-10H2,1-3H3. The highest BCUT2D eigenvalue weighted by Crippen LogP contribution is 2.43. The number of carbonyl (C=O) groups is 2. The van der Waals surface area contributed by atoms with Gasteiger partial charge in [0.25, 0.3) is 0 Å². The molecule has 206 valence electrons. The predicted octanol–water partition coefficient (Wildman–Crippen LogP) is 7.83. The van der Waals surface area contributed by atoms with E-state index in [0.717, 1.165) is 12.8 Å². The molecule has 0 N–H and O–H groups in total. The summed E-state index contributed by atoms with van der Waals surface area (Å²) in [4.78, 5) is 25.8. The van der Waals surface area contributed by atoms with Crippen LogP contribution >= 0.6 is 22.7 Å². The fourth-order valence-corrected chi connectivity index (χ4v) is 6.49. The van der Waals surface area contributed by atoms with E-state index >= 15 is 8.78 Å². The Bertz CT molecular complexity index is 1550. The van der Waals surface area contributed by atoms with Crippen molar-refractivity contribution in [1.29, 1.82) is 0 Å². The summed E-state index contributed by atoms with van der Waals surface area (Å²) in [6.45, 7) is 2.08. The van der Waals surface area contributed by atoms with Gasteiger partial charge in [-0.15, -0.1) is 22.7 Å². The van der Waals surface area contributed by atoms with Gasteiger partial charge in [-0.05, 0) is 31.4 Å². The van der Waals surface area contributed by atoms with Crippen LogP contribution in [0.2, 0.25) is 0 Å². The van der Waals surface area contributed by atoms with E-state index in [9.17, 15) is 9.59 Å². The molecule has 0 unspecified atom stereocenters. The second-order valence-corrected chi connectivity index (χ2v) is 11.5. The lowest BCUT2D eigenvalue weighted by Crippen LogP contribution is -2.08. The molecule has 0 amide bonds. The maximum atomic E-state index is 15.4. The zero-order chi connectivity index (χ0) is 27.7. The zero-order valence-corrected chi connectivity index (χ0v) is 23.5. The summed E-state index contributed by atoms with van der Waals surface area (Å²) in [5, 5.41) is 0.630. The third-order valence-corrected chi connectivity index (χ3v) is 8.75. The maximum absolute atomic E-state index is 15.4. The van der Waals surface area contributed by atoms with Crippen molar-refractivity contribution in [3.05, 3.63) is 45.7 Å². The summed E-state index contributed by atoms with van der Waals surface area (Å²) in [6, 6.07) is 6.48. The Labute approximate surface area is 232 Å². The summed E-state index contributed by atoms with van der Waals surface area (Å²) < 4.78 is 54.0. The largest absolute Gasteiger partial charge is 0.493 e. The lowest BCUT2D eigenvalue weighted by Gasteiger charge is -2.14. The van der Waals surface area contributed by atoms with E-state index in [1.807, 2.05) is 6.92 Å². The Balaban J connectivity index is 1.27. The highest BCUT2D eigenvalue weighted by molar-refractivity contribution is 7.21. The van der Waals surface area contributed by atoms with Crippen LogP contribution in [0.5, 0.6) is 23.0 Å². The summed E-state index contributed by atoms with van der Waals surface area (Å²) in [7, 11) is 2.85. The number of Topliss-reactive ketones (excluding diaryl/α,β-unsaturated/α-hetero) is 2. The molecular formula is C29H28F2O6S2. The van der Waals surface area contributed by atoms with Crippen LogP contribution in [0.4, 0.5) is 8.78 Å². The van der Waals surface area contributed by atoms with E-state index < -0.39 is 11.6 Å². The topological polar surface area (TPSA) is 71.1 Å². The van der Waals surface area contributed by atoms with Gasteiger partial charge in [0.15, 0.2) is 46.2 Å². The van der Waals surface area contributed by atoms with Gasteiger partial charge < -0.3 is 18.9 Å². The number of ketones is 2. The molecule has 0 radical (unpaired) electrons. The Morgan fingerprint density at radius 2 is 1.36 bits per heavy atom. The second-order valence-electron chi connectivity index (χ2n) is 9.35. The van der Waals surface area contributed by atoms with Crippen molar-refractivity contribution in [3.63, 3.8) is 0 Å². The Hall–Kier alpha value is -3.24. The molecule has 0 bridgehead atoms. The number of rotatable bonds is 13. The number of benzene rings is 2. The van der Waals surface area contributed by atoms with Gasteiger partial charge in [0.1, 0.15) is 0 Å². The molecule has 0 saturated heterocycles. The molecular weight excluding hydrogens is 546 g/mol. The minimum atomic E-state index is -0.593. The van der Waals surface area contributed by atoms with Gasteiger partial charge in [-0.25, -0.2) is 8.78 Å². The third-order valence-electron chi connectivity index (χ3n) is 6.53. The minimum absolute atomic E-state index is 0.0225. The lowest BCUT2D eigenvalue weighted by atomic mass is 10.1. The van der Waals surface area contributed by atoms with Crippen molar-refractivity contribution >= 4 is 54.4 Å². The van der Waals surface area contributed by atoms with Crippen molar-refractivity contribution in [2.45, 2.75) is 39.0 Å². The van der Waals surface area contributed by atoms with Gasteiger partial charge in [0, 0.05) is 51.1 Å². The number of methoxy groups -OCH3 is 2. The van der Waals surface area contributed by atoms with Crippen molar-refractivity contribution in [2.24, 2.45) is 5.92 Å². The SMILES string of the molecule is CCCC(=O)c1cc2c(F)c(OCCCOc3c(OC)cc4sc(C(=O)C5CC5)cc4c3F)c(OC)cc2s1. The highest BCUT2D eigenvalue weighted by Gasteiger charge is 2.32. The summed E-state index contributed by atoms with van der Waals surface area (Å²) in [5.74, 6) is -0.721. The van der Waals surface area contributed by atoms with Crippen LogP contribution in [0.1, 0.15) is 58.4 Å². The molecule has 1 aliphatic rings. The molecule has 2 aromatic heterocycles. The molecule has 5 rings (SSSR count). The molecule has 1 fully saturated rings. The molecule has 39 heavy (non-hydrogen) atoms. The van der Waals surface area contributed by atoms with E-state index in [1.54, 1.807) is 24.3 Å². The molecule has 1 aliphatic carbocycles. The monoisotopic (exact) mass is 574 g/mol. The van der Waals surface area contributed by atoms with Crippen LogP contribution in [0.3, 0.4) is 0 Å². The number of carbonyl (C=O) groups excluding carboxylic acids is 2. The summed E-state index contributed by atoms with van der Waals surface area (Å²) >= 11 is 2.49. The zero-order valence-electron chi connectivity index (χ0n) is 21.9. The minimum Gasteiger partial charge on any atom is -0.493 e. The quantitative estimate of drug-likeness (QED) is 0.120. The third kappa shape index (κ3) is 5.45. The first-order chi connectivity index (χ1) is 18.9. The number of thiophene rings is 2. The van der Waals surface area contributed by atoms with E-state index in [2.05, 4.69) is 0 Å². The van der Waals surface area contributed by atoms with Crippen LogP contribution in [0.15, 0.2) is 24.3 Å². The summed E-state index contributed by atoms with van der Waals surface area (Å²) in [5.41, 5.74) is 0. The van der Waals surface area contributed by atoms with Crippen LogP contribution in [0.25, 0.3) is 20.2 Å². The highest BCUT2D eigenvalue weighted by atomic mass is 32.1. The van der Waals surface area contributed by atoms with E-state index in [1.165, 1.54) is 36.9 Å². The Kier molecular flexibility index (Phi) is 8.04. The first-order valence-electron chi connectivity index (χ1n) is 12.8. The molecule has 6 nitrogen and oxygen atoms in total. The van der Waals surface area contributed by atoms with E-state index in [4.69, 9.17) is 18.9 Å². The van der Waals surface area contributed by atoms with Crippen molar-refractivity contribution in [3.8, 4) is 23.0 Å². The van der Waals surface area contributed by atoms with Crippen LogP contribution in [-0.2, 0) is 0 Å². The van der Waals surface area contributed by atoms with Gasteiger partial charge in [-0.3, -0.25) is 9.59 Å². The summed E-state index contributed by atoms with van der Waals surface area (Å²) in [6.07, 6.45) is 3.20. The Morgan fingerprint density at radius 1 is 0.846 bits per heavy atom. The van der Waals surface area contributed by atoms with Crippen molar-refractivity contribution in [1.82, 2.24) is 0 Å². The number of fused-ring (bicyclic) bond motifs is 2. The van der Waals surface area contributed by atoms with E-state index in [-0.39, 0.29) is 53.7 Å². The van der Waals surface area contributed by atoms with Gasteiger partial charge in [-0.2, -0.15) is 0 Å². The molecule has 4 aromatic rings. The fraction of sp³-hybridized carbons (Fsp3) is 0.379. The number of hydrogen-bond acceptors (Lipinski definition) is 8. The predicted molar refractivity (Wildman–Crippen MR) is 149 cm³/mol. The second kappa shape index (κ2) is 11.5. The van der Waals surface area contributed by atoms with Crippen molar-refractivity contribution < 1.29 is 37.3 Å². The van der Waals surface area contributed by atoms with Gasteiger partial charge in [0.2, 0.25) is 0 Å². The first-order valence-corrected chi connectivity index (χ1v) is 14.4. The van der Waals surface area contributed by atoms with Crippen molar-refractivity contribution in [2.75, 3.05) is 27.4 Å². The molecule has 0 atom stereocenters.